The monoisotopic (exact) mass is 366 g/mol. The molecule has 27 heavy (non-hydrogen) atoms. The minimum Gasteiger partial charge on any atom is -0.494 e. The highest BCUT2D eigenvalue weighted by Crippen LogP contribution is 2.33. The summed E-state index contributed by atoms with van der Waals surface area (Å²) in [6.07, 6.45) is 11.2. The summed E-state index contributed by atoms with van der Waals surface area (Å²) in [7, 11) is 0. The van der Waals surface area contributed by atoms with Gasteiger partial charge >= 0.3 is 0 Å². The fourth-order valence-electron chi connectivity index (χ4n) is 3.86. The molecule has 0 bridgehead atoms. The molecule has 2 aromatic rings. The highest BCUT2D eigenvalue weighted by atomic mass is 16.5. The van der Waals surface area contributed by atoms with Crippen LogP contribution in [0, 0.1) is 0 Å². The molecule has 0 radical (unpaired) electrons. The highest BCUT2D eigenvalue weighted by molar-refractivity contribution is 5.30. The summed E-state index contributed by atoms with van der Waals surface area (Å²) in [5.74, 6) is 2.74. The maximum absolute atomic E-state index is 5.95. The molecule has 3 rings (SSSR count). The molecule has 1 aliphatic rings. The number of rotatable bonds is 10. The zero-order valence-corrected chi connectivity index (χ0v) is 16.8. The van der Waals surface area contributed by atoms with Crippen molar-refractivity contribution in [2.75, 3.05) is 13.2 Å². The molecule has 0 spiro atoms. The molecule has 1 saturated carbocycles. The van der Waals surface area contributed by atoms with Gasteiger partial charge in [0.25, 0.3) is 0 Å². The highest BCUT2D eigenvalue weighted by Gasteiger charge is 2.15. The topological polar surface area (TPSA) is 18.5 Å². The maximum Gasteiger partial charge on any atom is 0.119 e. The second-order valence-electron chi connectivity index (χ2n) is 7.71. The number of unbranched alkanes of at least 4 members (excludes halogenated alkanes) is 1. The number of hydrogen-bond acceptors (Lipinski definition) is 2. The first kappa shape index (κ1) is 19.8. The number of ether oxygens (including phenoxy) is 2. The van der Waals surface area contributed by atoms with Crippen molar-refractivity contribution in [3.05, 3.63) is 59.7 Å². The minimum absolute atomic E-state index is 0.754. The van der Waals surface area contributed by atoms with E-state index in [0.717, 1.165) is 49.9 Å². The standard InChI is InChI=1S/C25H34O2/c1-2-3-18-27-25-13-7-9-21(20-25)10-8-19-26-24-16-14-23(15-17-24)22-11-5-4-6-12-22/h7,9,13-17,20,22H,2-6,8,10-12,18-19H2,1H3. The number of benzene rings is 2. The van der Waals surface area contributed by atoms with E-state index in [1.807, 2.05) is 6.07 Å². The van der Waals surface area contributed by atoms with E-state index in [0.29, 0.717) is 0 Å². The maximum atomic E-state index is 5.95. The first-order chi connectivity index (χ1) is 13.3. The van der Waals surface area contributed by atoms with Crippen molar-refractivity contribution in [1.29, 1.82) is 0 Å². The Kier molecular flexibility index (Phi) is 8.07. The van der Waals surface area contributed by atoms with Crippen molar-refractivity contribution in [3.63, 3.8) is 0 Å². The second-order valence-corrected chi connectivity index (χ2v) is 7.71. The van der Waals surface area contributed by atoms with Gasteiger partial charge in [-0.3, -0.25) is 0 Å². The van der Waals surface area contributed by atoms with E-state index in [9.17, 15) is 0 Å². The van der Waals surface area contributed by atoms with Gasteiger partial charge in [-0.25, -0.2) is 0 Å². The molecule has 1 aliphatic carbocycles. The Hall–Kier alpha value is -1.96. The molecule has 1 fully saturated rings. The SMILES string of the molecule is CCCCOc1cccc(CCCOc2ccc(C3CCCCC3)cc2)c1. The lowest BCUT2D eigenvalue weighted by Gasteiger charge is -2.22. The van der Waals surface area contributed by atoms with E-state index in [-0.39, 0.29) is 0 Å². The van der Waals surface area contributed by atoms with Gasteiger partial charge in [0.05, 0.1) is 13.2 Å². The lowest BCUT2D eigenvalue weighted by molar-refractivity contribution is 0.306. The summed E-state index contributed by atoms with van der Waals surface area (Å²) in [6.45, 7) is 3.74. The molecule has 146 valence electrons. The Morgan fingerprint density at radius 1 is 0.815 bits per heavy atom. The third kappa shape index (κ3) is 6.61. The summed E-state index contributed by atoms with van der Waals surface area (Å²) in [5.41, 5.74) is 2.81. The molecular weight excluding hydrogens is 332 g/mol. The van der Waals surface area contributed by atoms with E-state index in [4.69, 9.17) is 9.47 Å². The average Bonchev–Trinajstić information content (AvgIpc) is 2.73. The van der Waals surface area contributed by atoms with Gasteiger partial charge in [-0.2, -0.15) is 0 Å². The third-order valence-electron chi connectivity index (χ3n) is 5.50. The Bertz CT molecular complexity index is 656. The van der Waals surface area contributed by atoms with Gasteiger partial charge < -0.3 is 9.47 Å². The van der Waals surface area contributed by atoms with Crippen molar-refractivity contribution < 1.29 is 9.47 Å². The van der Waals surface area contributed by atoms with Crippen LogP contribution in [0.15, 0.2) is 48.5 Å². The molecule has 0 aliphatic heterocycles. The van der Waals surface area contributed by atoms with Crippen LogP contribution >= 0.6 is 0 Å². The molecule has 0 amide bonds. The van der Waals surface area contributed by atoms with Crippen LogP contribution < -0.4 is 9.47 Å². The van der Waals surface area contributed by atoms with Gasteiger partial charge in [-0.1, -0.05) is 56.9 Å². The van der Waals surface area contributed by atoms with Crippen molar-refractivity contribution in [1.82, 2.24) is 0 Å². The van der Waals surface area contributed by atoms with E-state index in [1.165, 1.54) is 49.7 Å². The van der Waals surface area contributed by atoms with Gasteiger partial charge in [0.15, 0.2) is 0 Å². The molecule has 0 saturated heterocycles. The van der Waals surface area contributed by atoms with Crippen LogP contribution in [-0.2, 0) is 6.42 Å². The summed E-state index contributed by atoms with van der Waals surface area (Å²) in [6, 6.07) is 17.3. The molecule has 2 aromatic carbocycles. The zero-order valence-electron chi connectivity index (χ0n) is 16.8. The van der Waals surface area contributed by atoms with Gasteiger partial charge in [-0.05, 0) is 73.4 Å². The van der Waals surface area contributed by atoms with E-state index >= 15 is 0 Å². The Balaban J connectivity index is 1.39. The van der Waals surface area contributed by atoms with Crippen molar-refractivity contribution in [2.45, 2.75) is 70.6 Å². The van der Waals surface area contributed by atoms with E-state index < -0.39 is 0 Å². The average molecular weight is 367 g/mol. The molecule has 0 atom stereocenters. The number of hydrogen-bond donors (Lipinski definition) is 0. The largest absolute Gasteiger partial charge is 0.494 e. The fourth-order valence-corrected chi connectivity index (χ4v) is 3.86. The van der Waals surface area contributed by atoms with E-state index in [1.54, 1.807) is 0 Å². The van der Waals surface area contributed by atoms with Crippen molar-refractivity contribution >= 4 is 0 Å². The third-order valence-corrected chi connectivity index (χ3v) is 5.50. The normalized spacial score (nSPS) is 14.9. The molecule has 0 N–H and O–H groups in total. The van der Waals surface area contributed by atoms with Gasteiger partial charge in [0.1, 0.15) is 11.5 Å². The summed E-state index contributed by atoms with van der Waals surface area (Å²) in [5, 5.41) is 0. The predicted octanol–water partition coefficient (Wildman–Crippen LogP) is 6.92. The minimum atomic E-state index is 0.754. The smallest absolute Gasteiger partial charge is 0.119 e. The first-order valence-corrected chi connectivity index (χ1v) is 10.8. The quantitative estimate of drug-likeness (QED) is 0.425. The Labute approximate surface area is 164 Å². The van der Waals surface area contributed by atoms with Gasteiger partial charge in [0.2, 0.25) is 0 Å². The van der Waals surface area contributed by atoms with Crippen LogP contribution in [0.25, 0.3) is 0 Å². The van der Waals surface area contributed by atoms with Crippen LogP contribution in [0.4, 0.5) is 0 Å². The predicted molar refractivity (Wildman–Crippen MR) is 113 cm³/mol. The summed E-state index contributed by atoms with van der Waals surface area (Å²) < 4.78 is 11.7. The lowest BCUT2D eigenvalue weighted by atomic mass is 9.84. The molecule has 0 heterocycles. The van der Waals surface area contributed by atoms with Crippen LogP contribution in [0.5, 0.6) is 11.5 Å². The molecule has 0 aromatic heterocycles. The number of aryl methyl sites for hydroxylation is 1. The van der Waals surface area contributed by atoms with Crippen molar-refractivity contribution in [3.8, 4) is 11.5 Å². The van der Waals surface area contributed by atoms with Crippen molar-refractivity contribution in [2.24, 2.45) is 0 Å². The van der Waals surface area contributed by atoms with Crippen LogP contribution in [0.3, 0.4) is 0 Å². The zero-order chi connectivity index (χ0) is 18.7. The molecular formula is C25H34O2. The van der Waals surface area contributed by atoms with Crippen LogP contribution in [0.1, 0.15) is 75.3 Å². The van der Waals surface area contributed by atoms with Gasteiger partial charge in [0, 0.05) is 0 Å². The summed E-state index contributed by atoms with van der Waals surface area (Å²) in [4.78, 5) is 0. The summed E-state index contributed by atoms with van der Waals surface area (Å²) >= 11 is 0. The van der Waals surface area contributed by atoms with E-state index in [2.05, 4.69) is 49.4 Å². The lowest BCUT2D eigenvalue weighted by Crippen LogP contribution is -2.04. The molecule has 2 heteroatoms. The molecule has 2 nitrogen and oxygen atoms in total. The van der Waals surface area contributed by atoms with Gasteiger partial charge in [-0.15, -0.1) is 0 Å². The second kappa shape index (κ2) is 11.0. The van der Waals surface area contributed by atoms with Crippen LogP contribution in [-0.4, -0.2) is 13.2 Å². The first-order valence-electron chi connectivity index (χ1n) is 10.8. The Morgan fingerprint density at radius 2 is 1.56 bits per heavy atom. The Morgan fingerprint density at radius 3 is 2.33 bits per heavy atom. The fraction of sp³-hybridized carbons (Fsp3) is 0.520. The van der Waals surface area contributed by atoms with Crippen LogP contribution in [0.2, 0.25) is 0 Å². The molecule has 0 unspecified atom stereocenters.